The molecular formula is C74H125N2O22P3. The van der Waals surface area contributed by atoms with Crippen LogP contribution in [0.15, 0.2) is 128 Å². The lowest BCUT2D eigenvalue weighted by Gasteiger charge is -2.48. The van der Waals surface area contributed by atoms with Crippen LogP contribution in [0.2, 0.25) is 0 Å². The molecule has 0 bridgehead atoms. The zero-order valence-corrected chi connectivity index (χ0v) is 65.2. The Labute approximate surface area is 602 Å². The average molecular weight is 1490 g/mol. The van der Waals surface area contributed by atoms with E-state index in [0.717, 1.165) is 135 Å². The van der Waals surface area contributed by atoms with Gasteiger partial charge in [0, 0.05) is 13.8 Å². The monoisotopic (exact) mass is 1490 g/mol. The highest BCUT2D eigenvalue weighted by molar-refractivity contribution is 7.61. The van der Waals surface area contributed by atoms with Crippen LogP contribution in [-0.4, -0.2) is 158 Å². The summed E-state index contributed by atoms with van der Waals surface area (Å²) < 4.78 is 80.3. The van der Waals surface area contributed by atoms with Crippen molar-refractivity contribution < 1.29 is 105 Å². The van der Waals surface area contributed by atoms with Crippen LogP contribution in [0.1, 0.15) is 225 Å². The number of aliphatic hydroxyl groups excluding tert-OH is 6. The first-order valence-electron chi connectivity index (χ1n) is 35.4. The van der Waals surface area contributed by atoms with E-state index in [1.165, 1.54) is 61.8 Å². The third-order valence-electron chi connectivity index (χ3n) is 17.1. The first kappa shape index (κ1) is 93.2. The molecule has 2 aliphatic rings. The van der Waals surface area contributed by atoms with Crippen molar-refractivity contribution in [3.63, 3.8) is 0 Å². The largest absolute Gasteiger partial charge is 0.483 e. The second-order valence-corrected chi connectivity index (χ2v) is 31.7. The Kier molecular flexibility index (Phi) is 45.9. The molecule has 11 N–H and O–H groups in total. The standard InChI is InChI=1S/C74H125N2O22P3/c1-51(2)25-15-26-52(3)27-16-28-53(4)29-17-30-54(5)31-18-32-55(6)33-19-34-56(7)35-20-36-57(8)37-21-38-58(9)39-22-40-59(10)41-23-42-60(11)43-24-44-61(12)45-46-91-100(87,88)98-101(89,90)97-74-68(76-63(14)81)69(83)71(65(48-78)94-74)95-73-67(75-62(13)80)70(84)72(66(49-79)93-73)96-99(85,86)92-50-64(82)47-77/h25,27,29,31,33,35,37,39,41,43,45,64-74,77-79,82-84H,15-24,26,28,30,32,34,36,38,40,42,44,46-50H2,1-14H3,(H,75,80)(H,76,81)(H,85,86)(H,87,88)(H,89,90)/b52-27+,53-29+,54-31-,55-33-,56-35-,57-37-,58-39-,59-41-,60-43-,61-45-/t64-,65-,66-,67-,68-,69-,70-,71-,72-,73+,74-/m1/s1. The van der Waals surface area contributed by atoms with E-state index in [4.69, 9.17) is 32.9 Å². The van der Waals surface area contributed by atoms with Gasteiger partial charge in [0.2, 0.25) is 11.8 Å². The number of carbonyl (C=O) groups is 2. The van der Waals surface area contributed by atoms with Crippen molar-refractivity contribution >= 4 is 35.3 Å². The highest BCUT2D eigenvalue weighted by atomic mass is 31.3. The maximum atomic E-state index is 13.3. The number of aliphatic hydroxyl groups is 6. The number of ether oxygens (including phenoxy) is 3. The van der Waals surface area contributed by atoms with Gasteiger partial charge in [-0.25, -0.2) is 13.7 Å². The SMILES string of the molecule is CC(=O)N[C@H]1[C@@H](OP(=O)(O)OP(=O)(O)OC/C=C(/C)CC/C=C(/C)CC/C=C(/C)CC/C=C(/C)CC/C=C(/C)CC/C=C(/C)CC/C=C(/C)CC/C=C(/C)CC/C=C(\C)CC/C=C(\C)CCC=C(C)C)O[C@H](CO)[C@@H](O[C@@H]2O[C@H](CO)[C@@H](OP(=O)(O)OC[C@H](O)CO)[C@H](O)[C@H]2NC(C)=O)[C@@H]1O. The van der Waals surface area contributed by atoms with Crippen LogP contribution in [0, 0.1) is 0 Å². The van der Waals surface area contributed by atoms with Crippen LogP contribution in [0.25, 0.3) is 0 Å². The van der Waals surface area contributed by atoms with Crippen LogP contribution < -0.4 is 10.6 Å². The minimum absolute atomic E-state index is 0.522. The van der Waals surface area contributed by atoms with Gasteiger partial charge in [0.05, 0.1) is 33.0 Å². The van der Waals surface area contributed by atoms with Gasteiger partial charge in [-0.1, -0.05) is 128 Å². The molecule has 2 fully saturated rings. The van der Waals surface area contributed by atoms with Crippen molar-refractivity contribution in [2.24, 2.45) is 0 Å². The van der Waals surface area contributed by atoms with Crippen LogP contribution in [-0.2, 0) is 59.9 Å². The smallest absolute Gasteiger partial charge is 0.394 e. The Hall–Kier alpha value is -3.91. The molecular weight excluding hydrogens is 1360 g/mol. The number of nitrogens with one attached hydrogen (secondary N) is 2. The number of hydrogen-bond acceptors (Lipinski definition) is 19. The van der Waals surface area contributed by atoms with Crippen LogP contribution in [0.5, 0.6) is 0 Å². The fourth-order valence-electron chi connectivity index (χ4n) is 11.1. The van der Waals surface area contributed by atoms with Gasteiger partial charge < -0.3 is 70.2 Å². The third kappa shape index (κ3) is 41.5. The van der Waals surface area contributed by atoms with Crippen LogP contribution in [0.3, 0.4) is 0 Å². The Balaban J connectivity index is 1.79. The number of allylic oxidation sites excluding steroid dienone is 21. The minimum Gasteiger partial charge on any atom is -0.394 e. The summed E-state index contributed by atoms with van der Waals surface area (Å²) in [5, 5.41) is 66.5. The molecule has 0 aliphatic carbocycles. The number of phosphoric ester groups is 3. The molecule has 101 heavy (non-hydrogen) atoms. The molecule has 578 valence electrons. The number of amides is 2. The molecule has 0 aromatic heterocycles. The highest BCUT2D eigenvalue weighted by Crippen LogP contribution is 2.61. The Morgan fingerprint density at radius 3 is 1.05 bits per heavy atom. The van der Waals surface area contributed by atoms with E-state index >= 15 is 0 Å². The molecule has 0 saturated carbocycles. The molecule has 0 spiro atoms. The van der Waals surface area contributed by atoms with Crippen molar-refractivity contribution in [3.8, 4) is 0 Å². The quantitative estimate of drug-likeness (QED) is 0.0199. The van der Waals surface area contributed by atoms with Gasteiger partial charge in [-0.3, -0.25) is 27.7 Å². The Morgan fingerprint density at radius 2 is 0.723 bits per heavy atom. The van der Waals surface area contributed by atoms with E-state index in [0.29, 0.717) is 12.8 Å². The predicted octanol–water partition coefficient (Wildman–Crippen LogP) is 13.9. The third-order valence-corrected chi connectivity index (χ3v) is 20.7. The first-order chi connectivity index (χ1) is 47.5. The predicted molar refractivity (Wildman–Crippen MR) is 394 cm³/mol. The number of rotatable bonds is 49. The van der Waals surface area contributed by atoms with Gasteiger partial charge in [0.1, 0.15) is 54.8 Å². The molecule has 2 heterocycles. The van der Waals surface area contributed by atoms with Crippen molar-refractivity contribution in [2.75, 3.05) is 33.0 Å². The van der Waals surface area contributed by atoms with Gasteiger partial charge in [-0.15, -0.1) is 0 Å². The second-order valence-electron chi connectivity index (χ2n) is 27.2. The molecule has 0 radical (unpaired) electrons. The molecule has 3 unspecified atom stereocenters. The average Bonchev–Trinajstić information content (AvgIpc) is 0.779. The van der Waals surface area contributed by atoms with Gasteiger partial charge in [-0.05, 0) is 212 Å². The first-order valence-corrected chi connectivity index (χ1v) is 39.9. The molecule has 27 heteroatoms. The number of phosphoric acid groups is 3. The molecule has 24 nitrogen and oxygen atoms in total. The van der Waals surface area contributed by atoms with E-state index in [9.17, 15) is 63.5 Å². The summed E-state index contributed by atoms with van der Waals surface area (Å²) in [6, 6.07) is -3.66. The van der Waals surface area contributed by atoms with Gasteiger partial charge in [0.25, 0.3) is 0 Å². The molecule has 2 rings (SSSR count). The van der Waals surface area contributed by atoms with Gasteiger partial charge in [0.15, 0.2) is 12.6 Å². The van der Waals surface area contributed by atoms with E-state index in [2.05, 4.69) is 156 Å². The lowest BCUT2D eigenvalue weighted by molar-refractivity contribution is -0.324. The van der Waals surface area contributed by atoms with Gasteiger partial charge in [-0.2, -0.15) is 4.31 Å². The van der Waals surface area contributed by atoms with Crippen molar-refractivity contribution in [2.45, 2.75) is 293 Å². The van der Waals surface area contributed by atoms with E-state index < -0.39 is 136 Å². The lowest BCUT2D eigenvalue weighted by atomic mass is 9.94. The van der Waals surface area contributed by atoms with E-state index in [-0.39, 0.29) is 0 Å². The Bertz CT molecular complexity index is 3030. The summed E-state index contributed by atoms with van der Waals surface area (Å²) in [5.41, 5.74) is 15.0. The fraction of sp³-hybridized carbons (Fsp3) is 0.676. The van der Waals surface area contributed by atoms with Crippen molar-refractivity contribution in [1.82, 2.24) is 10.6 Å². The van der Waals surface area contributed by atoms with Crippen molar-refractivity contribution in [3.05, 3.63) is 128 Å². The zero-order chi connectivity index (χ0) is 75.9. The summed E-state index contributed by atoms with van der Waals surface area (Å²) in [7, 11) is -16.3. The zero-order valence-electron chi connectivity index (χ0n) is 62.6. The number of hydrogen-bond donors (Lipinski definition) is 11. The summed E-state index contributed by atoms with van der Waals surface area (Å²) >= 11 is 0. The van der Waals surface area contributed by atoms with E-state index in [1.807, 2.05) is 0 Å². The summed E-state index contributed by atoms with van der Waals surface area (Å²) in [5.74, 6) is -1.72. The molecule has 2 saturated heterocycles. The maximum absolute atomic E-state index is 13.3. The van der Waals surface area contributed by atoms with Crippen LogP contribution in [0.4, 0.5) is 0 Å². The summed E-state index contributed by atoms with van der Waals surface area (Å²) in [6.45, 7) is 23.7. The highest BCUT2D eigenvalue weighted by Gasteiger charge is 2.55. The Morgan fingerprint density at radius 1 is 0.416 bits per heavy atom. The molecule has 14 atom stereocenters. The molecule has 2 amide bonds. The van der Waals surface area contributed by atoms with Crippen LogP contribution >= 0.6 is 23.5 Å². The summed E-state index contributed by atoms with van der Waals surface area (Å²) in [4.78, 5) is 56.1. The van der Waals surface area contributed by atoms with Crippen molar-refractivity contribution in [1.29, 1.82) is 0 Å². The summed E-state index contributed by atoms with van der Waals surface area (Å²) in [6.07, 6.45) is 28.3. The molecule has 0 aromatic rings. The second kappa shape index (κ2) is 49.8. The minimum atomic E-state index is -5.72. The normalized spacial score (nSPS) is 24.9. The maximum Gasteiger partial charge on any atom is 0.483 e. The molecule has 2 aliphatic heterocycles. The number of carbonyl (C=O) groups excluding carboxylic acids is 2. The topological polar surface area (TPSA) is 365 Å². The van der Waals surface area contributed by atoms with E-state index in [1.54, 1.807) is 6.92 Å². The molecule has 0 aromatic carbocycles. The lowest BCUT2D eigenvalue weighted by Crippen LogP contribution is -2.69. The fourth-order valence-corrected chi connectivity index (χ4v) is 14.2. The van der Waals surface area contributed by atoms with Gasteiger partial charge >= 0.3 is 23.5 Å².